The molecule has 3 nitrogen and oxygen atoms in total. The summed E-state index contributed by atoms with van der Waals surface area (Å²) in [5, 5.41) is 3.59. The number of aryl methyl sites for hydroxylation is 1. The molecule has 0 saturated carbocycles. The number of aromatic nitrogens is 2. The minimum absolute atomic E-state index is 0.181. The second-order valence-corrected chi connectivity index (χ2v) is 4.29. The Bertz CT molecular complexity index is 499. The number of hydrogen-bond donors (Lipinski definition) is 1. The molecule has 1 atom stereocenters. The lowest BCUT2D eigenvalue weighted by atomic mass is 10.1. The highest BCUT2D eigenvalue weighted by molar-refractivity contribution is 6.28. The van der Waals surface area contributed by atoms with Gasteiger partial charge in [0.2, 0.25) is 5.28 Å². The lowest BCUT2D eigenvalue weighted by Gasteiger charge is -2.16. The van der Waals surface area contributed by atoms with Gasteiger partial charge in [0.15, 0.2) is 0 Å². The lowest BCUT2D eigenvalue weighted by Crippen LogP contribution is -2.09. The first kappa shape index (κ1) is 11.9. The van der Waals surface area contributed by atoms with Crippen LogP contribution in [0.1, 0.15) is 24.1 Å². The summed E-state index contributed by atoms with van der Waals surface area (Å²) < 4.78 is 0. The second kappa shape index (κ2) is 5.15. The van der Waals surface area contributed by atoms with Crippen molar-refractivity contribution in [2.75, 3.05) is 5.32 Å². The molecule has 1 aromatic carbocycles. The lowest BCUT2D eigenvalue weighted by molar-refractivity contribution is 0.868. The predicted octanol–water partition coefficient (Wildman–Crippen LogP) is 3.61. The molecule has 2 rings (SSSR count). The summed E-state index contributed by atoms with van der Waals surface area (Å²) in [6.07, 6.45) is 1.72. The van der Waals surface area contributed by atoms with Gasteiger partial charge in [-0.25, -0.2) is 9.97 Å². The smallest absolute Gasteiger partial charge is 0.224 e. The van der Waals surface area contributed by atoms with Crippen LogP contribution < -0.4 is 5.32 Å². The summed E-state index contributed by atoms with van der Waals surface area (Å²) in [5.41, 5.74) is 2.19. The predicted molar refractivity (Wildman–Crippen MR) is 70.3 cm³/mol. The molecule has 0 aliphatic rings. The van der Waals surface area contributed by atoms with E-state index in [0.29, 0.717) is 0 Å². The van der Waals surface area contributed by atoms with Crippen LogP contribution in [0.5, 0.6) is 0 Å². The third-order valence-corrected chi connectivity index (χ3v) is 2.78. The Labute approximate surface area is 106 Å². The molecule has 1 aromatic heterocycles. The van der Waals surface area contributed by atoms with Gasteiger partial charge in [-0.3, -0.25) is 0 Å². The Kier molecular flexibility index (Phi) is 3.59. The first-order valence-electron chi connectivity index (χ1n) is 5.47. The minimum Gasteiger partial charge on any atom is -0.363 e. The fraction of sp³-hybridized carbons (Fsp3) is 0.231. The van der Waals surface area contributed by atoms with Crippen LogP contribution in [0.15, 0.2) is 36.5 Å². The van der Waals surface area contributed by atoms with Gasteiger partial charge in [-0.1, -0.05) is 30.3 Å². The molecule has 0 aliphatic heterocycles. The number of hydrogen-bond acceptors (Lipinski definition) is 3. The Morgan fingerprint density at radius 1 is 1.24 bits per heavy atom. The number of halogens is 1. The van der Waals surface area contributed by atoms with Crippen LogP contribution in [-0.4, -0.2) is 9.97 Å². The third kappa shape index (κ3) is 2.94. The van der Waals surface area contributed by atoms with Crippen LogP contribution >= 0.6 is 11.6 Å². The molecule has 4 heteroatoms. The fourth-order valence-electron chi connectivity index (χ4n) is 1.60. The number of rotatable bonds is 3. The summed E-state index contributed by atoms with van der Waals surface area (Å²) in [7, 11) is 0. The van der Waals surface area contributed by atoms with Gasteiger partial charge in [0.1, 0.15) is 5.82 Å². The highest BCUT2D eigenvalue weighted by Gasteiger charge is 2.08. The molecule has 0 fully saturated rings. The molecular weight excluding hydrogens is 234 g/mol. The molecule has 17 heavy (non-hydrogen) atoms. The Balaban J connectivity index is 2.18. The van der Waals surface area contributed by atoms with E-state index in [0.717, 1.165) is 11.4 Å². The third-order valence-electron chi connectivity index (χ3n) is 2.60. The van der Waals surface area contributed by atoms with Gasteiger partial charge in [-0.2, -0.15) is 0 Å². The standard InChI is InChI=1S/C13H14ClN3/c1-9-8-15-13(14)17-12(9)16-10(2)11-6-4-3-5-7-11/h3-8,10H,1-2H3,(H,15,16,17). The average Bonchev–Trinajstić information content (AvgIpc) is 2.35. The zero-order chi connectivity index (χ0) is 12.3. The van der Waals surface area contributed by atoms with Crippen molar-refractivity contribution >= 4 is 17.4 Å². The fourth-order valence-corrected chi connectivity index (χ4v) is 1.73. The van der Waals surface area contributed by atoms with E-state index in [2.05, 4.69) is 34.3 Å². The van der Waals surface area contributed by atoms with E-state index in [-0.39, 0.29) is 11.3 Å². The van der Waals surface area contributed by atoms with E-state index in [1.165, 1.54) is 5.56 Å². The molecule has 0 radical (unpaired) electrons. The van der Waals surface area contributed by atoms with E-state index in [9.17, 15) is 0 Å². The Hall–Kier alpha value is -1.61. The maximum absolute atomic E-state index is 5.78. The topological polar surface area (TPSA) is 37.8 Å². The van der Waals surface area contributed by atoms with Crippen molar-refractivity contribution in [1.82, 2.24) is 9.97 Å². The van der Waals surface area contributed by atoms with Crippen LogP contribution in [0.4, 0.5) is 5.82 Å². The average molecular weight is 248 g/mol. The molecule has 1 unspecified atom stereocenters. The van der Waals surface area contributed by atoms with Gasteiger partial charge >= 0.3 is 0 Å². The molecule has 88 valence electrons. The van der Waals surface area contributed by atoms with Crippen molar-refractivity contribution in [2.45, 2.75) is 19.9 Å². The van der Waals surface area contributed by atoms with Crippen molar-refractivity contribution in [3.05, 3.63) is 52.9 Å². The molecule has 1 heterocycles. The number of benzene rings is 1. The SMILES string of the molecule is Cc1cnc(Cl)nc1NC(C)c1ccccc1. The number of nitrogens with one attached hydrogen (secondary N) is 1. The molecule has 0 spiro atoms. The molecular formula is C13H14ClN3. The highest BCUT2D eigenvalue weighted by atomic mass is 35.5. The summed E-state index contributed by atoms with van der Waals surface area (Å²) in [4.78, 5) is 8.12. The summed E-state index contributed by atoms with van der Waals surface area (Å²) >= 11 is 5.78. The van der Waals surface area contributed by atoms with Crippen LogP contribution in [-0.2, 0) is 0 Å². The summed E-state index contributed by atoms with van der Waals surface area (Å²) in [6, 6.07) is 10.4. The van der Waals surface area contributed by atoms with Crippen LogP contribution in [0.25, 0.3) is 0 Å². The first-order chi connectivity index (χ1) is 8.16. The second-order valence-electron chi connectivity index (χ2n) is 3.95. The Morgan fingerprint density at radius 3 is 2.65 bits per heavy atom. The van der Waals surface area contributed by atoms with E-state index in [1.807, 2.05) is 25.1 Å². The number of anilines is 1. The van der Waals surface area contributed by atoms with E-state index in [4.69, 9.17) is 11.6 Å². The van der Waals surface area contributed by atoms with Crippen LogP contribution in [0.2, 0.25) is 5.28 Å². The summed E-state index contributed by atoms with van der Waals surface area (Å²) in [5.74, 6) is 0.779. The number of nitrogens with zero attached hydrogens (tertiary/aromatic N) is 2. The maximum Gasteiger partial charge on any atom is 0.224 e. The van der Waals surface area contributed by atoms with E-state index >= 15 is 0 Å². The van der Waals surface area contributed by atoms with E-state index in [1.54, 1.807) is 6.20 Å². The van der Waals surface area contributed by atoms with Crippen molar-refractivity contribution in [3.8, 4) is 0 Å². The van der Waals surface area contributed by atoms with Crippen molar-refractivity contribution in [2.24, 2.45) is 0 Å². The van der Waals surface area contributed by atoms with Crippen molar-refractivity contribution < 1.29 is 0 Å². The normalized spacial score (nSPS) is 12.2. The maximum atomic E-state index is 5.78. The van der Waals surface area contributed by atoms with Gasteiger partial charge < -0.3 is 5.32 Å². The van der Waals surface area contributed by atoms with Crippen LogP contribution in [0, 0.1) is 6.92 Å². The first-order valence-corrected chi connectivity index (χ1v) is 5.85. The van der Waals surface area contributed by atoms with Gasteiger partial charge in [0, 0.05) is 17.8 Å². The largest absolute Gasteiger partial charge is 0.363 e. The van der Waals surface area contributed by atoms with Gasteiger partial charge in [-0.15, -0.1) is 0 Å². The Morgan fingerprint density at radius 2 is 1.94 bits per heavy atom. The zero-order valence-electron chi connectivity index (χ0n) is 9.81. The summed E-state index contributed by atoms with van der Waals surface area (Å²) in [6.45, 7) is 4.04. The molecule has 2 aromatic rings. The molecule has 0 bridgehead atoms. The molecule has 0 aliphatic carbocycles. The van der Waals surface area contributed by atoms with Crippen molar-refractivity contribution in [1.29, 1.82) is 0 Å². The minimum atomic E-state index is 0.181. The van der Waals surface area contributed by atoms with Gasteiger partial charge in [0.25, 0.3) is 0 Å². The molecule has 0 amide bonds. The zero-order valence-corrected chi connectivity index (χ0v) is 10.6. The highest BCUT2D eigenvalue weighted by Crippen LogP contribution is 2.20. The van der Waals surface area contributed by atoms with Crippen LogP contribution in [0.3, 0.4) is 0 Å². The molecule has 1 N–H and O–H groups in total. The molecule has 0 saturated heterocycles. The monoisotopic (exact) mass is 247 g/mol. The van der Waals surface area contributed by atoms with E-state index < -0.39 is 0 Å². The quantitative estimate of drug-likeness (QED) is 0.842. The van der Waals surface area contributed by atoms with Gasteiger partial charge in [-0.05, 0) is 31.0 Å². The van der Waals surface area contributed by atoms with Gasteiger partial charge in [0.05, 0.1) is 0 Å². The van der Waals surface area contributed by atoms with Crippen molar-refractivity contribution in [3.63, 3.8) is 0 Å².